The van der Waals surface area contributed by atoms with Crippen molar-refractivity contribution in [1.82, 2.24) is 0 Å². The molecule has 4 nitrogen and oxygen atoms in total. The maximum atomic E-state index is 10.7. The van der Waals surface area contributed by atoms with E-state index in [9.17, 15) is 4.79 Å². The monoisotopic (exact) mass is 221 g/mol. The molecule has 0 spiro atoms. The Bertz CT molecular complexity index is 403. The van der Waals surface area contributed by atoms with Crippen LogP contribution in [0.25, 0.3) is 0 Å². The molecule has 0 aromatic heterocycles. The third-order valence-corrected chi connectivity index (χ3v) is 2.42. The summed E-state index contributed by atoms with van der Waals surface area (Å²) in [6, 6.07) is 6.01. The molecule has 16 heavy (non-hydrogen) atoms. The van der Waals surface area contributed by atoms with Gasteiger partial charge in [-0.15, -0.1) is 0 Å². The molecule has 0 aliphatic carbocycles. The van der Waals surface area contributed by atoms with Crippen LogP contribution in [0, 0.1) is 6.92 Å². The van der Waals surface area contributed by atoms with Crippen LogP contribution in [0.3, 0.4) is 0 Å². The summed E-state index contributed by atoms with van der Waals surface area (Å²) in [7, 11) is 0. The van der Waals surface area contributed by atoms with Crippen LogP contribution < -0.4 is 10.1 Å². The first kappa shape index (κ1) is 10.8. The van der Waals surface area contributed by atoms with E-state index in [4.69, 9.17) is 9.47 Å². The molecule has 1 N–H and O–H groups in total. The summed E-state index contributed by atoms with van der Waals surface area (Å²) < 4.78 is 10.5. The molecule has 0 radical (unpaired) electrons. The Morgan fingerprint density at radius 3 is 3.19 bits per heavy atom. The largest absolute Gasteiger partial charge is 0.489 e. The zero-order chi connectivity index (χ0) is 11.5. The highest BCUT2D eigenvalue weighted by atomic mass is 16.5. The topological polar surface area (TPSA) is 47.6 Å². The van der Waals surface area contributed by atoms with E-state index in [0.29, 0.717) is 13.2 Å². The van der Waals surface area contributed by atoms with Crippen molar-refractivity contribution in [2.45, 2.75) is 19.9 Å². The molecular weight excluding hydrogens is 206 g/mol. The predicted octanol–water partition coefficient (Wildman–Crippen LogP) is 1.73. The molecule has 0 amide bonds. The van der Waals surface area contributed by atoms with Crippen LogP contribution in [0.1, 0.15) is 12.5 Å². The summed E-state index contributed by atoms with van der Waals surface area (Å²) in [5.41, 5.74) is 2.12. The number of esters is 1. The van der Waals surface area contributed by atoms with Gasteiger partial charge in [0.05, 0.1) is 11.7 Å². The lowest BCUT2D eigenvalue weighted by Gasteiger charge is -2.27. The summed E-state index contributed by atoms with van der Waals surface area (Å²) >= 11 is 0. The number of benzene rings is 1. The molecule has 4 heteroatoms. The second kappa shape index (κ2) is 4.43. The summed E-state index contributed by atoms with van der Waals surface area (Å²) in [6.45, 7) is 4.28. The van der Waals surface area contributed by atoms with E-state index in [1.165, 1.54) is 12.5 Å². The van der Waals surface area contributed by atoms with Gasteiger partial charge in [-0.25, -0.2) is 0 Å². The third kappa shape index (κ3) is 2.45. The molecule has 1 heterocycles. The fourth-order valence-electron chi connectivity index (χ4n) is 1.63. The van der Waals surface area contributed by atoms with Crippen LogP contribution in [-0.4, -0.2) is 25.2 Å². The van der Waals surface area contributed by atoms with E-state index in [-0.39, 0.29) is 12.0 Å². The number of fused-ring (bicyclic) bond motifs is 1. The molecule has 0 saturated carbocycles. The van der Waals surface area contributed by atoms with E-state index in [1.807, 2.05) is 25.1 Å². The zero-order valence-electron chi connectivity index (χ0n) is 9.45. The van der Waals surface area contributed by atoms with Crippen molar-refractivity contribution < 1.29 is 14.3 Å². The minimum Gasteiger partial charge on any atom is -0.489 e. The van der Waals surface area contributed by atoms with Gasteiger partial charge in [0.1, 0.15) is 19.0 Å². The number of hydrogen-bond donors (Lipinski definition) is 1. The van der Waals surface area contributed by atoms with Gasteiger partial charge in [-0.05, 0) is 24.6 Å². The Hall–Kier alpha value is -1.71. The first-order valence-corrected chi connectivity index (χ1v) is 5.28. The lowest BCUT2D eigenvalue weighted by atomic mass is 10.1. The number of hydrogen-bond acceptors (Lipinski definition) is 4. The molecule has 1 aliphatic rings. The molecule has 86 valence electrons. The Kier molecular flexibility index (Phi) is 2.99. The summed E-state index contributed by atoms with van der Waals surface area (Å²) in [6.07, 6.45) is 0. The molecule has 1 aromatic rings. The van der Waals surface area contributed by atoms with Crippen LogP contribution in [0.15, 0.2) is 18.2 Å². The molecule has 1 aromatic carbocycles. The van der Waals surface area contributed by atoms with Crippen LogP contribution in [0.4, 0.5) is 5.69 Å². The molecule has 0 saturated heterocycles. The standard InChI is InChI=1S/C12H15NO3/c1-8-3-4-11-12(5-8)16-7-10(13-11)6-15-9(2)14/h3-5,10,13H,6-7H2,1-2H3. The smallest absolute Gasteiger partial charge is 0.302 e. The average molecular weight is 221 g/mol. The number of carbonyl (C=O) groups is 1. The van der Waals surface area contributed by atoms with Gasteiger partial charge in [0.15, 0.2) is 0 Å². The van der Waals surface area contributed by atoms with Gasteiger partial charge in [0.25, 0.3) is 0 Å². The molecule has 2 rings (SSSR count). The number of carbonyl (C=O) groups excluding carboxylic acids is 1. The van der Waals surface area contributed by atoms with Crippen LogP contribution in [0.2, 0.25) is 0 Å². The fourth-order valence-corrected chi connectivity index (χ4v) is 1.63. The maximum absolute atomic E-state index is 10.7. The van der Waals surface area contributed by atoms with Crippen molar-refractivity contribution in [3.05, 3.63) is 23.8 Å². The first-order chi connectivity index (χ1) is 7.65. The summed E-state index contributed by atoms with van der Waals surface area (Å²) in [5, 5.41) is 3.28. The van der Waals surface area contributed by atoms with Crippen molar-refractivity contribution >= 4 is 11.7 Å². The summed E-state index contributed by atoms with van der Waals surface area (Å²) in [5.74, 6) is 0.593. The van der Waals surface area contributed by atoms with Crippen LogP contribution >= 0.6 is 0 Å². The number of ether oxygens (including phenoxy) is 2. The number of anilines is 1. The highest BCUT2D eigenvalue weighted by Gasteiger charge is 2.19. The van der Waals surface area contributed by atoms with Crippen molar-refractivity contribution in [3.8, 4) is 5.75 Å². The second-order valence-electron chi connectivity index (χ2n) is 3.95. The lowest BCUT2D eigenvalue weighted by molar-refractivity contribution is -0.141. The van der Waals surface area contributed by atoms with Gasteiger partial charge < -0.3 is 14.8 Å². The number of nitrogens with one attached hydrogen (secondary N) is 1. The van der Waals surface area contributed by atoms with E-state index < -0.39 is 0 Å². The lowest BCUT2D eigenvalue weighted by Crippen LogP contribution is -2.36. The molecule has 1 unspecified atom stereocenters. The van der Waals surface area contributed by atoms with Gasteiger partial charge in [0, 0.05) is 6.92 Å². The molecule has 1 atom stereocenters. The van der Waals surface area contributed by atoms with E-state index in [2.05, 4.69) is 5.32 Å². The van der Waals surface area contributed by atoms with E-state index in [0.717, 1.165) is 11.4 Å². The molecular formula is C12H15NO3. The Balaban J connectivity index is 2.01. The summed E-state index contributed by atoms with van der Waals surface area (Å²) in [4.78, 5) is 10.7. The number of aryl methyl sites for hydroxylation is 1. The Morgan fingerprint density at radius 1 is 1.62 bits per heavy atom. The normalized spacial score (nSPS) is 18.0. The van der Waals surface area contributed by atoms with Gasteiger partial charge in [-0.3, -0.25) is 4.79 Å². The van der Waals surface area contributed by atoms with Gasteiger partial charge in [-0.2, -0.15) is 0 Å². The minimum absolute atomic E-state index is 0.0270. The van der Waals surface area contributed by atoms with Crippen molar-refractivity contribution in [2.24, 2.45) is 0 Å². The quantitative estimate of drug-likeness (QED) is 0.773. The van der Waals surface area contributed by atoms with Gasteiger partial charge in [-0.1, -0.05) is 6.07 Å². The zero-order valence-corrected chi connectivity index (χ0v) is 9.45. The molecule has 1 aliphatic heterocycles. The Labute approximate surface area is 94.6 Å². The fraction of sp³-hybridized carbons (Fsp3) is 0.417. The highest BCUT2D eigenvalue weighted by molar-refractivity contribution is 5.66. The molecule has 0 fully saturated rings. The number of rotatable bonds is 2. The maximum Gasteiger partial charge on any atom is 0.302 e. The second-order valence-corrected chi connectivity index (χ2v) is 3.95. The van der Waals surface area contributed by atoms with Crippen molar-refractivity contribution in [2.75, 3.05) is 18.5 Å². The van der Waals surface area contributed by atoms with Gasteiger partial charge >= 0.3 is 5.97 Å². The SMILES string of the molecule is CC(=O)OCC1COc2cc(C)ccc2N1. The Morgan fingerprint density at radius 2 is 2.44 bits per heavy atom. The first-order valence-electron chi connectivity index (χ1n) is 5.28. The van der Waals surface area contributed by atoms with E-state index >= 15 is 0 Å². The average Bonchev–Trinajstić information content (AvgIpc) is 2.26. The predicted molar refractivity (Wildman–Crippen MR) is 60.7 cm³/mol. The van der Waals surface area contributed by atoms with Gasteiger partial charge in [0.2, 0.25) is 0 Å². The van der Waals surface area contributed by atoms with Crippen LogP contribution in [0.5, 0.6) is 5.75 Å². The highest BCUT2D eigenvalue weighted by Crippen LogP contribution is 2.29. The van der Waals surface area contributed by atoms with E-state index in [1.54, 1.807) is 0 Å². The van der Waals surface area contributed by atoms with Crippen LogP contribution in [-0.2, 0) is 9.53 Å². The minimum atomic E-state index is -0.267. The third-order valence-electron chi connectivity index (χ3n) is 2.42. The molecule has 0 bridgehead atoms. The van der Waals surface area contributed by atoms with Crippen molar-refractivity contribution in [3.63, 3.8) is 0 Å². The van der Waals surface area contributed by atoms with Crippen molar-refractivity contribution in [1.29, 1.82) is 0 Å².